The molecule has 0 aliphatic heterocycles. The largest absolute Gasteiger partial charge is 0.512 e. The summed E-state index contributed by atoms with van der Waals surface area (Å²) in [5.41, 5.74) is 7.86. The molecule has 1 aliphatic rings. The molecule has 0 saturated heterocycles. The van der Waals surface area contributed by atoms with Crippen LogP contribution in [0.25, 0.3) is 0 Å². The number of hydrogen-bond acceptors (Lipinski definition) is 2. The zero-order valence-corrected chi connectivity index (χ0v) is 9.74. The third-order valence-electron chi connectivity index (χ3n) is 3.76. The zero-order chi connectivity index (χ0) is 11.6. The molecule has 2 heteroatoms. The molecular formula is C14H19NO. The number of benzene rings is 1. The molecule has 1 aromatic rings. The predicted molar refractivity (Wildman–Crippen MR) is 67.2 cm³/mol. The van der Waals surface area contributed by atoms with Crippen molar-refractivity contribution in [3.8, 4) is 0 Å². The summed E-state index contributed by atoms with van der Waals surface area (Å²) in [6, 6.07) is 7.93. The first kappa shape index (κ1) is 11.1. The molecule has 0 bridgehead atoms. The van der Waals surface area contributed by atoms with Crippen molar-refractivity contribution < 1.29 is 5.11 Å². The quantitative estimate of drug-likeness (QED) is 0.762. The van der Waals surface area contributed by atoms with Gasteiger partial charge in [-0.3, -0.25) is 0 Å². The number of nitrogen functional groups attached to an aromatic ring is 1. The Morgan fingerprint density at radius 3 is 2.69 bits per heavy atom. The van der Waals surface area contributed by atoms with Gasteiger partial charge in [0.1, 0.15) is 0 Å². The third kappa shape index (κ3) is 1.80. The molecule has 0 spiro atoms. The third-order valence-corrected chi connectivity index (χ3v) is 3.76. The number of hydrogen-bond donors (Lipinski definition) is 2. The highest BCUT2D eigenvalue weighted by atomic mass is 16.3. The molecule has 0 aromatic heterocycles. The van der Waals surface area contributed by atoms with E-state index in [-0.39, 0.29) is 5.41 Å². The maximum Gasteiger partial charge on any atom is 0.0947 e. The second kappa shape index (κ2) is 4.20. The van der Waals surface area contributed by atoms with Crippen LogP contribution in [0.2, 0.25) is 0 Å². The smallest absolute Gasteiger partial charge is 0.0947 e. The number of anilines is 1. The summed E-state index contributed by atoms with van der Waals surface area (Å²) in [6.07, 6.45) is 5.76. The van der Waals surface area contributed by atoms with Crippen molar-refractivity contribution in [3.05, 3.63) is 41.7 Å². The predicted octanol–water partition coefficient (Wildman–Crippen LogP) is 3.44. The lowest BCUT2D eigenvalue weighted by Crippen LogP contribution is -2.23. The van der Waals surface area contributed by atoms with E-state index in [2.05, 4.69) is 13.0 Å². The Hall–Kier alpha value is -1.44. The summed E-state index contributed by atoms with van der Waals surface area (Å²) in [4.78, 5) is 0. The van der Waals surface area contributed by atoms with E-state index in [1.807, 2.05) is 24.3 Å². The van der Waals surface area contributed by atoms with Crippen molar-refractivity contribution in [2.24, 2.45) is 5.41 Å². The van der Waals surface area contributed by atoms with E-state index in [4.69, 9.17) is 5.73 Å². The summed E-state index contributed by atoms with van der Waals surface area (Å²) in [6.45, 7) is 2.13. The number of para-hydroxylation sites is 1. The van der Waals surface area contributed by atoms with E-state index >= 15 is 0 Å². The lowest BCUT2D eigenvalue weighted by Gasteiger charge is -2.28. The fourth-order valence-electron chi connectivity index (χ4n) is 2.55. The van der Waals surface area contributed by atoms with E-state index in [1.165, 1.54) is 0 Å². The van der Waals surface area contributed by atoms with E-state index in [0.717, 1.165) is 36.9 Å². The maximum absolute atomic E-state index is 10.0. The van der Waals surface area contributed by atoms with Crippen LogP contribution < -0.4 is 5.73 Å². The van der Waals surface area contributed by atoms with Gasteiger partial charge in [0.25, 0.3) is 0 Å². The second-order valence-electron chi connectivity index (χ2n) is 4.64. The fraction of sp³-hybridized carbons (Fsp3) is 0.429. The highest BCUT2D eigenvalue weighted by Gasteiger charge is 2.36. The second-order valence-corrected chi connectivity index (χ2v) is 4.64. The van der Waals surface area contributed by atoms with E-state index in [1.54, 1.807) is 0 Å². The molecule has 0 heterocycles. The normalized spacial score (nSPS) is 24.4. The average molecular weight is 217 g/mol. The Kier molecular flexibility index (Phi) is 2.90. The lowest BCUT2D eigenvalue weighted by molar-refractivity contribution is 0.216. The van der Waals surface area contributed by atoms with Crippen molar-refractivity contribution in [2.45, 2.75) is 32.6 Å². The van der Waals surface area contributed by atoms with Crippen LogP contribution in [0.1, 0.15) is 31.7 Å². The summed E-state index contributed by atoms with van der Waals surface area (Å²) in [5.74, 6) is 0.554. The Balaban J connectivity index is 2.26. The highest BCUT2D eigenvalue weighted by molar-refractivity contribution is 5.47. The lowest BCUT2D eigenvalue weighted by atomic mass is 9.77. The van der Waals surface area contributed by atoms with Crippen LogP contribution in [0, 0.1) is 5.41 Å². The number of allylic oxidation sites excluding steroid dienone is 2. The van der Waals surface area contributed by atoms with Crippen LogP contribution in [0.3, 0.4) is 0 Å². The molecule has 1 atom stereocenters. The van der Waals surface area contributed by atoms with Gasteiger partial charge in [0.15, 0.2) is 0 Å². The number of rotatable bonds is 3. The van der Waals surface area contributed by atoms with Crippen molar-refractivity contribution >= 4 is 5.69 Å². The minimum atomic E-state index is -0.0739. The summed E-state index contributed by atoms with van der Waals surface area (Å²) in [7, 11) is 0. The molecule has 1 aliphatic carbocycles. The molecule has 1 unspecified atom stereocenters. The molecule has 0 fully saturated rings. The van der Waals surface area contributed by atoms with Crippen LogP contribution in [0.4, 0.5) is 5.69 Å². The first-order chi connectivity index (χ1) is 7.68. The molecule has 0 saturated carbocycles. The van der Waals surface area contributed by atoms with Gasteiger partial charge in [-0.1, -0.05) is 25.1 Å². The van der Waals surface area contributed by atoms with Crippen LogP contribution >= 0.6 is 0 Å². The Bertz CT molecular complexity index is 411. The molecular weight excluding hydrogens is 198 g/mol. The van der Waals surface area contributed by atoms with Crippen LogP contribution in [-0.4, -0.2) is 5.11 Å². The molecule has 86 valence electrons. The van der Waals surface area contributed by atoms with Gasteiger partial charge in [-0.05, 0) is 43.4 Å². The Labute approximate surface area is 96.8 Å². The minimum Gasteiger partial charge on any atom is -0.512 e. The van der Waals surface area contributed by atoms with Gasteiger partial charge in [0, 0.05) is 11.1 Å². The highest BCUT2D eigenvalue weighted by Crippen LogP contribution is 2.43. The summed E-state index contributed by atoms with van der Waals surface area (Å²) >= 11 is 0. The van der Waals surface area contributed by atoms with E-state index in [0.29, 0.717) is 5.76 Å². The Morgan fingerprint density at radius 1 is 1.38 bits per heavy atom. The molecule has 2 rings (SSSR count). The monoisotopic (exact) mass is 217 g/mol. The van der Waals surface area contributed by atoms with Gasteiger partial charge in [-0.25, -0.2) is 0 Å². The zero-order valence-electron chi connectivity index (χ0n) is 9.74. The topological polar surface area (TPSA) is 46.2 Å². The van der Waals surface area contributed by atoms with Crippen molar-refractivity contribution in [3.63, 3.8) is 0 Å². The first-order valence-electron chi connectivity index (χ1n) is 5.91. The summed E-state index contributed by atoms with van der Waals surface area (Å²) in [5, 5.41) is 10.0. The fourth-order valence-corrected chi connectivity index (χ4v) is 2.55. The standard InChI is InChI=1S/C14H19NO/c1-2-14(9-5-8-13(14)16)10-11-6-3-4-7-12(11)15/h3-4,6-8,16H,2,5,9-10,15H2,1H3. The van der Waals surface area contributed by atoms with Crippen molar-refractivity contribution in [2.75, 3.05) is 5.73 Å². The van der Waals surface area contributed by atoms with E-state index < -0.39 is 0 Å². The van der Waals surface area contributed by atoms with Crippen LogP contribution in [-0.2, 0) is 6.42 Å². The van der Waals surface area contributed by atoms with Crippen molar-refractivity contribution in [1.29, 1.82) is 0 Å². The van der Waals surface area contributed by atoms with Crippen LogP contribution in [0.15, 0.2) is 36.1 Å². The van der Waals surface area contributed by atoms with Gasteiger partial charge in [-0.2, -0.15) is 0 Å². The molecule has 3 N–H and O–H groups in total. The number of aliphatic hydroxyl groups excluding tert-OH is 1. The molecule has 0 radical (unpaired) electrons. The SMILES string of the molecule is CCC1(Cc2ccccc2N)CCC=C1O. The van der Waals surface area contributed by atoms with Gasteiger partial charge in [-0.15, -0.1) is 0 Å². The number of nitrogens with two attached hydrogens (primary N) is 1. The van der Waals surface area contributed by atoms with Gasteiger partial charge in [0.05, 0.1) is 5.76 Å². The van der Waals surface area contributed by atoms with E-state index in [9.17, 15) is 5.11 Å². The van der Waals surface area contributed by atoms with Gasteiger partial charge >= 0.3 is 0 Å². The average Bonchev–Trinajstić information content (AvgIpc) is 2.64. The molecule has 16 heavy (non-hydrogen) atoms. The van der Waals surface area contributed by atoms with Crippen LogP contribution in [0.5, 0.6) is 0 Å². The number of aliphatic hydroxyl groups is 1. The maximum atomic E-state index is 10.0. The summed E-state index contributed by atoms with van der Waals surface area (Å²) < 4.78 is 0. The molecule has 0 amide bonds. The first-order valence-corrected chi connectivity index (χ1v) is 5.91. The van der Waals surface area contributed by atoms with Gasteiger partial charge in [0.2, 0.25) is 0 Å². The Morgan fingerprint density at radius 2 is 2.12 bits per heavy atom. The molecule has 2 nitrogen and oxygen atoms in total. The molecule has 1 aromatic carbocycles. The van der Waals surface area contributed by atoms with Crippen molar-refractivity contribution in [1.82, 2.24) is 0 Å². The minimum absolute atomic E-state index is 0.0739. The van der Waals surface area contributed by atoms with Gasteiger partial charge < -0.3 is 10.8 Å².